The lowest BCUT2D eigenvalue weighted by Gasteiger charge is -2.16. The van der Waals surface area contributed by atoms with Crippen LogP contribution in [0.4, 0.5) is 0 Å². The Kier molecular flexibility index (Phi) is 6.57. The normalized spacial score (nSPS) is 11.4. The molecule has 2 aromatic heterocycles. The molecule has 1 aromatic carbocycles. The van der Waals surface area contributed by atoms with E-state index in [1.54, 1.807) is 18.9 Å². The number of hydrogen-bond acceptors (Lipinski definition) is 6. The van der Waals surface area contributed by atoms with E-state index in [-0.39, 0.29) is 5.56 Å². The summed E-state index contributed by atoms with van der Waals surface area (Å²) in [6.45, 7) is 9.39. The van der Waals surface area contributed by atoms with Crippen LogP contribution in [0.5, 0.6) is 5.75 Å². The first-order valence-corrected chi connectivity index (χ1v) is 11.0. The lowest BCUT2D eigenvalue weighted by Crippen LogP contribution is -2.25. The fourth-order valence-corrected chi connectivity index (χ4v) is 4.94. The highest BCUT2D eigenvalue weighted by Gasteiger charge is 2.14. The summed E-state index contributed by atoms with van der Waals surface area (Å²) in [5.41, 5.74) is 2.90. The Morgan fingerprint density at radius 3 is 2.74 bits per heavy atom. The van der Waals surface area contributed by atoms with Crippen molar-refractivity contribution >= 4 is 33.3 Å². The van der Waals surface area contributed by atoms with Crippen LogP contribution in [0.2, 0.25) is 0 Å². The molecule has 0 radical (unpaired) electrons. The van der Waals surface area contributed by atoms with Crippen molar-refractivity contribution in [3.05, 3.63) is 39.5 Å². The van der Waals surface area contributed by atoms with Crippen LogP contribution < -0.4 is 10.3 Å². The lowest BCUT2D eigenvalue weighted by atomic mass is 10.0. The Bertz CT molecular complexity index is 977. The number of fused-ring (bicyclic) bond motifs is 1. The van der Waals surface area contributed by atoms with Crippen molar-refractivity contribution in [2.45, 2.75) is 25.9 Å². The van der Waals surface area contributed by atoms with Gasteiger partial charge in [-0.15, -0.1) is 11.3 Å². The fraction of sp³-hybridized carbons (Fsp3) is 0.400. The van der Waals surface area contributed by atoms with Gasteiger partial charge >= 0.3 is 0 Å². The molecule has 7 heteroatoms. The van der Waals surface area contributed by atoms with Crippen LogP contribution in [0.15, 0.2) is 33.5 Å². The van der Waals surface area contributed by atoms with Gasteiger partial charge in [0.2, 0.25) is 0 Å². The van der Waals surface area contributed by atoms with Crippen molar-refractivity contribution in [3.8, 4) is 16.9 Å². The number of H-pyrrole nitrogens is 1. The molecule has 5 nitrogen and oxygen atoms in total. The first-order valence-electron chi connectivity index (χ1n) is 9.09. The minimum absolute atomic E-state index is 0.0740. The second-order valence-corrected chi connectivity index (χ2v) is 8.20. The largest absolute Gasteiger partial charge is 0.496 e. The molecule has 2 heterocycles. The van der Waals surface area contributed by atoms with Gasteiger partial charge in [0.25, 0.3) is 5.56 Å². The van der Waals surface area contributed by atoms with Gasteiger partial charge in [-0.2, -0.15) is 0 Å². The second kappa shape index (κ2) is 8.91. The summed E-state index contributed by atoms with van der Waals surface area (Å²) >= 11 is 3.12. The molecule has 27 heavy (non-hydrogen) atoms. The van der Waals surface area contributed by atoms with Crippen LogP contribution in [-0.4, -0.2) is 47.4 Å². The van der Waals surface area contributed by atoms with Crippen molar-refractivity contribution in [3.63, 3.8) is 0 Å². The van der Waals surface area contributed by atoms with E-state index in [0.717, 1.165) is 52.7 Å². The van der Waals surface area contributed by atoms with Gasteiger partial charge in [-0.05, 0) is 43.3 Å². The summed E-state index contributed by atoms with van der Waals surface area (Å²) in [5.74, 6) is 1.75. The minimum atomic E-state index is -0.0740. The molecule has 0 unspecified atom stereocenters. The average Bonchev–Trinajstić information content (AvgIpc) is 3.10. The number of aromatic amines is 1. The molecule has 0 spiro atoms. The number of benzene rings is 1. The number of thioether (sulfide) groups is 1. The summed E-state index contributed by atoms with van der Waals surface area (Å²) in [6.07, 6.45) is 0. The van der Waals surface area contributed by atoms with E-state index in [9.17, 15) is 4.79 Å². The molecule has 0 saturated heterocycles. The van der Waals surface area contributed by atoms with Crippen LogP contribution in [0.25, 0.3) is 21.3 Å². The maximum atomic E-state index is 12.7. The average molecular weight is 404 g/mol. The quantitative estimate of drug-likeness (QED) is 0.446. The van der Waals surface area contributed by atoms with E-state index in [0.29, 0.717) is 10.5 Å². The molecule has 0 aliphatic carbocycles. The van der Waals surface area contributed by atoms with E-state index in [1.165, 1.54) is 11.3 Å². The van der Waals surface area contributed by atoms with E-state index in [1.807, 2.05) is 30.5 Å². The minimum Gasteiger partial charge on any atom is -0.496 e. The summed E-state index contributed by atoms with van der Waals surface area (Å²) in [4.78, 5) is 23.5. The molecular formula is C20H25N3O2S2. The maximum absolute atomic E-state index is 12.7. The van der Waals surface area contributed by atoms with Gasteiger partial charge in [-0.25, -0.2) is 4.98 Å². The highest BCUT2D eigenvalue weighted by molar-refractivity contribution is 7.99. The number of ether oxygens (including phenoxy) is 1. The Hall–Kier alpha value is -1.83. The number of nitrogens with zero attached hydrogens (tertiary/aromatic N) is 2. The Morgan fingerprint density at radius 2 is 2.07 bits per heavy atom. The smallest absolute Gasteiger partial charge is 0.260 e. The third-order valence-corrected chi connectivity index (χ3v) is 6.39. The zero-order valence-electron chi connectivity index (χ0n) is 16.2. The van der Waals surface area contributed by atoms with Crippen molar-refractivity contribution in [2.75, 3.05) is 32.5 Å². The van der Waals surface area contributed by atoms with Crippen LogP contribution in [0.3, 0.4) is 0 Å². The van der Waals surface area contributed by atoms with Gasteiger partial charge < -0.3 is 14.6 Å². The van der Waals surface area contributed by atoms with E-state index >= 15 is 0 Å². The zero-order valence-corrected chi connectivity index (χ0v) is 17.8. The van der Waals surface area contributed by atoms with Crippen LogP contribution in [-0.2, 0) is 0 Å². The summed E-state index contributed by atoms with van der Waals surface area (Å²) in [7, 11) is 1.66. The number of aryl methyl sites for hydroxylation is 1. The van der Waals surface area contributed by atoms with Gasteiger partial charge in [-0.1, -0.05) is 31.7 Å². The van der Waals surface area contributed by atoms with Crippen molar-refractivity contribution in [1.29, 1.82) is 0 Å². The molecule has 0 saturated carbocycles. The standard InChI is InChI=1S/C20H25N3O2S2/c1-5-23(6-2)9-10-26-20-21-18(24)17-15(12-27-19(17)22-20)14-7-8-16(25-4)13(3)11-14/h7-8,11-12H,5-6,9-10H2,1-4H3,(H,21,22,24). The van der Waals surface area contributed by atoms with E-state index in [4.69, 9.17) is 4.74 Å². The first-order chi connectivity index (χ1) is 13.1. The summed E-state index contributed by atoms with van der Waals surface area (Å²) in [5, 5.41) is 3.37. The molecule has 0 fully saturated rings. The molecule has 0 atom stereocenters. The molecule has 3 rings (SSSR count). The highest BCUT2D eigenvalue weighted by atomic mass is 32.2. The molecule has 0 bridgehead atoms. The number of methoxy groups -OCH3 is 1. The molecule has 0 aliphatic heterocycles. The Morgan fingerprint density at radius 1 is 1.30 bits per heavy atom. The van der Waals surface area contributed by atoms with Crippen LogP contribution in [0.1, 0.15) is 19.4 Å². The number of aromatic nitrogens is 2. The molecular weight excluding hydrogens is 378 g/mol. The monoisotopic (exact) mass is 403 g/mol. The molecule has 0 aliphatic rings. The van der Waals surface area contributed by atoms with Crippen molar-refractivity contribution in [2.24, 2.45) is 0 Å². The number of hydrogen-bond donors (Lipinski definition) is 1. The first kappa shape index (κ1) is 19.9. The Balaban J connectivity index is 1.87. The highest BCUT2D eigenvalue weighted by Crippen LogP contribution is 2.33. The SMILES string of the molecule is CCN(CC)CCSc1nc2scc(-c3ccc(OC)c(C)c3)c2c(=O)[nH]1. The maximum Gasteiger partial charge on any atom is 0.260 e. The number of rotatable bonds is 8. The molecule has 0 amide bonds. The van der Waals surface area contributed by atoms with Gasteiger partial charge in [0.1, 0.15) is 10.6 Å². The molecule has 1 N–H and O–H groups in total. The van der Waals surface area contributed by atoms with E-state index < -0.39 is 0 Å². The summed E-state index contributed by atoms with van der Waals surface area (Å²) < 4.78 is 5.33. The van der Waals surface area contributed by atoms with Crippen LogP contribution >= 0.6 is 23.1 Å². The second-order valence-electron chi connectivity index (χ2n) is 6.26. The van der Waals surface area contributed by atoms with Gasteiger partial charge in [-0.3, -0.25) is 4.79 Å². The van der Waals surface area contributed by atoms with Crippen LogP contribution in [0, 0.1) is 6.92 Å². The molecule has 3 aromatic rings. The lowest BCUT2D eigenvalue weighted by molar-refractivity contribution is 0.324. The third kappa shape index (κ3) is 4.36. The van der Waals surface area contributed by atoms with Gasteiger partial charge in [0.05, 0.1) is 12.5 Å². The number of nitrogens with one attached hydrogen (secondary N) is 1. The zero-order chi connectivity index (χ0) is 19.4. The third-order valence-electron chi connectivity index (χ3n) is 4.67. The summed E-state index contributed by atoms with van der Waals surface area (Å²) in [6, 6.07) is 5.97. The predicted molar refractivity (Wildman–Crippen MR) is 115 cm³/mol. The topological polar surface area (TPSA) is 58.2 Å². The predicted octanol–water partition coefficient (Wildman–Crippen LogP) is 4.40. The van der Waals surface area contributed by atoms with Gasteiger partial charge in [0, 0.05) is 23.2 Å². The van der Waals surface area contributed by atoms with Crippen molar-refractivity contribution in [1.82, 2.24) is 14.9 Å². The molecule has 144 valence electrons. The van der Waals surface area contributed by atoms with Crippen molar-refractivity contribution < 1.29 is 4.74 Å². The van der Waals surface area contributed by atoms with E-state index in [2.05, 4.69) is 28.7 Å². The Labute approximate surface area is 167 Å². The number of thiophene rings is 1. The fourth-order valence-electron chi connectivity index (χ4n) is 3.07. The van der Waals surface area contributed by atoms with Gasteiger partial charge in [0.15, 0.2) is 5.16 Å².